The van der Waals surface area contributed by atoms with Gasteiger partial charge >= 0.3 is 0 Å². The Balaban J connectivity index is 1.86. The molecule has 0 aliphatic carbocycles. The van der Waals surface area contributed by atoms with Crippen molar-refractivity contribution in [2.45, 2.75) is 56.3 Å². The summed E-state index contributed by atoms with van der Waals surface area (Å²) in [5, 5.41) is 11.3. The van der Waals surface area contributed by atoms with Gasteiger partial charge in [0.05, 0.1) is 17.8 Å². The van der Waals surface area contributed by atoms with E-state index in [1.54, 1.807) is 0 Å². The maximum Gasteiger partial charge on any atom is 0.0754 e. The Labute approximate surface area is 109 Å². The highest BCUT2D eigenvalue weighted by atomic mass is 16.5. The highest BCUT2D eigenvalue weighted by molar-refractivity contribution is 5.12. The second-order valence-electron chi connectivity index (χ2n) is 6.58. The maximum absolute atomic E-state index is 11.3. The van der Waals surface area contributed by atoms with Gasteiger partial charge in [-0.2, -0.15) is 0 Å². The van der Waals surface area contributed by atoms with Gasteiger partial charge in [0.1, 0.15) is 0 Å². The standard InChI is InChI=1S/C14H26N2O2/c1-16-7-2-5-14(17,6-8-16)13(10-15)9-11-3-4-12(13)18-11/h11-12,17H,2-10,15H2,1H3. The van der Waals surface area contributed by atoms with Crippen molar-refractivity contribution in [3.8, 4) is 0 Å². The quantitative estimate of drug-likeness (QED) is 0.763. The van der Waals surface area contributed by atoms with Gasteiger partial charge in [0.2, 0.25) is 0 Å². The summed E-state index contributed by atoms with van der Waals surface area (Å²) in [4.78, 5) is 2.32. The van der Waals surface area contributed by atoms with E-state index in [1.807, 2.05) is 0 Å². The van der Waals surface area contributed by atoms with E-state index in [1.165, 1.54) is 0 Å². The average molecular weight is 254 g/mol. The molecule has 3 fully saturated rings. The molecule has 3 N–H and O–H groups in total. The second kappa shape index (κ2) is 4.44. The van der Waals surface area contributed by atoms with Gasteiger partial charge in [-0.15, -0.1) is 0 Å². The van der Waals surface area contributed by atoms with Crippen LogP contribution in [-0.4, -0.2) is 54.5 Å². The molecule has 3 saturated heterocycles. The van der Waals surface area contributed by atoms with Gasteiger partial charge in [-0.05, 0) is 52.1 Å². The zero-order valence-corrected chi connectivity index (χ0v) is 11.4. The first-order chi connectivity index (χ1) is 8.60. The molecule has 0 aromatic heterocycles. The van der Waals surface area contributed by atoms with Crippen LogP contribution in [0.25, 0.3) is 0 Å². The molecule has 0 saturated carbocycles. The van der Waals surface area contributed by atoms with E-state index >= 15 is 0 Å². The van der Waals surface area contributed by atoms with Crippen molar-refractivity contribution in [3.63, 3.8) is 0 Å². The maximum atomic E-state index is 11.3. The molecular weight excluding hydrogens is 228 g/mol. The molecular formula is C14H26N2O2. The van der Waals surface area contributed by atoms with Crippen LogP contribution in [-0.2, 0) is 4.74 Å². The molecule has 4 atom stereocenters. The Kier molecular flexibility index (Phi) is 3.17. The molecule has 0 amide bonds. The highest BCUT2D eigenvalue weighted by Gasteiger charge is 2.61. The number of ether oxygens (including phenoxy) is 1. The molecule has 4 nitrogen and oxygen atoms in total. The lowest BCUT2D eigenvalue weighted by Gasteiger charge is -2.48. The van der Waals surface area contributed by atoms with Crippen molar-refractivity contribution in [1.29, 1.82) is 0 Å². The fourth-order valence-electron chi connectivity index (χ4n) is 4.45. The first-order valence-corrected chi connectivity index (χ1v) is 7.36. The van der Waals surface area contributed by atoms with Gasteiger partial charge in [-0.25, -0.2) is 0 Å². The van der Waals surface area contributed by atoms with E-state index in [9.17, 15) is 5.11 Å². The molecule has 104 valence electrons. The number of likely N-dealkylation sites (tertiary alicyclic amines) is 1. The molecule has 0 spiro atoms. The third-order valence-electron chi connectivity index (χ3n) is 5.64. The zero-order chi connectivity index (χ0) is 12.8. The fourth-order valence-corrected chi connectivity index (χ4v) is 4.45. The summed E-state index contributed by atoms with van der Waals surface area (Å²) in [7, 11) is 2.14. The van der Waals surface area contributed by atoms with Gasteiger partial charge in [-0.3, -0.25) is 0 Å². The van der Waals surface area contributed by atoms with E-state index < -0.39 is 5.60 Å². The van der Waals surface area contributed by atoms with Crippen LogP contribution in [0, 0.1) is 5.41 Å². The van der Waals surface area contributed by atoms with Gasteiger partial charge in [-0.1, -0.05) is 0 Å². The van der Waals surface area contributed by atoms with Crippen molar-refractivity contribution in [2.75, 3.05) is 26.7 Å². The Morgan fingerprint density at radius 3 is 2.78 bits per heavy atom. The van der Waals surface area contributed by atoms with Crippen molar-refractivity contribution in [3.05, 3.63) is 0 Å². The Morgan fingerprint density at radius 1 is 1.33 bits per heavy atom. The number of rotatable bonds is 2. The topological polar surface area (TPSA) is 58.7 Å². The van der Waals surface area contributed by atoms with Crippen LogP contribution >= 0.6 is 0 Å². The van der Waals surface area contributed by atoms with Crippen LogP contribution in [0.5, 0.6) is 0 Å². The lowest BCUT2D eigenvalue weighted by molar-refractivity contribution is -0.119. The molecule has 18 heavy (non-hydrogen) atoms. The molecule has 4 heteroatoms. The van der Waals surface area contributed by atoms with Crippen LogP contribution in [0.2, 0.25) is 0 Å². The summed E-state index contributed by atoms with van der Waals surface area (Å²) in [6.45, 7) is 2.61. The Bertz CT molecular complexity index is 325. The molecule has 0 aromatic rings. The first-order valence-electron chi connectivity index (χ1n) is 7.36. The molecule has 3 heterocycles. The van der Waals surface area contributed by atoms with Crippen molar-refractivity contribution in [2.24, 2.45) is 11.1 Å². The summed E-state index contributed by atoms with van der Waals surface area (Å²) >= 11 is 0. The van der Waals surface area contributed by atoms with Gasteiger partial charge < -0.3 is 20.5 Å². The van der Waals surface area contributed by atoms with Gasteiger partial charge in [0.15, 0.2) is 0 Å². The van der Waals surface area contributed by atoms with E-state index in [4.69, 9.17) is 10.5 Å². The van der Waals surface area contributed by atoms with Crippen LogP contribution in [0.4, 0.5) is 0 Å². The lowest BCUT2D eigenvalue weighted by Crippen LogP contribution is -2.58. The summed E-state index contributed by atoms with van der Waals surface area (Å²) in [5.41, 5.74) is 5.31. The minimum absolute atomic E-state index is 0.179. The molecule has 0 radical (unpaired) electrons. The van der Waals surface area contributed by atoms with E-state index in [-0.39, 0.29) is 11.5 Å². The molecule has 2 bridgehead atoms. The molecule has 0 aromatic carbocycles. The van der Waals surface area contributed by atoms with Gasteiger partial charge in [0, 0.05) is 18.5 Å². The van der Waals surface area contributed by atoms with E-state index in [0.717, 1.165) is 51.6 Å². The zero-order valence-electron chi connectivity index (χ0n) is 11.4. The lowest BCUT2D eigenvalue weighted by atomic mass is 9.60. The average Bonchev–Trinajstić information content (AvgIpc) is 2.92. The minimum atomic E-state index is -0.619. The molecule has 3 aliphatic heterocycles. The SMILES string of the molecule is CN1CCCC(O)(C2(CN)CC3CCC2O3)CC1. The van der Waals surface area contributed by atoms with Gasteiger partial charge in [0.25, 0.3) is 0 Å². The van der Waals surface area contributed by atoms with Crippen molar-refractivity contribution < 1.29 is 9.84 Å². The third-order valence-corrected chi connectivity index (χ3v) is 5.64. The number of hydrogen-bond acceptors (Lipinski definition) is 4. The molecule has 3 aliphatic rings. The number of fused-ring (bicyclic) bond motifs is 2. The fraction of sp³-hybridized carbons (Fsp3) is 1.00. The normalized spacial score (nSPS) is 49.5. The van der Waals surface area contributed by atoms with Crippen LogP contribution in [0.3, 0.4) is 0 Å². The Morgan fingerprint density at radius 2 is 2.17 bits per heavy atom. The summed E-state index contributed by atoms with van der Waals surface area (Å²) in [5.74, 6) is 0. The second-order valence-corrected chi connectivity index (χ2v) is 6.58. The minimum Gasteiger partial charge on any atom is -0.389 e. The summed E-state index contributed by atoms with van der Waals surface area (Å²) in [6, 6.07) is 0. The third kappa shape index (κ3) is 1.73. The molecule has 4 unspecified atom stereocenters. The smallest absolute Gasteiger partial charge is 0.0754 e. The van der Waals surface area contributed by atoms with Crippen LogP contribution < -0.4 is 5.73 Å². The van der Waals surface area contributed by atoms with Crippen LogP contribution in [0.15, 0.2) is 0 Å². The van der Waals surface area contributed by atoms with E-state index in [2.05, 4.69) is 11.9 Å². The predicted octanol–water partition coefficient (Wildman–Crippen LogP) is 0.730. The first kappa shape index (κ1) is 12.9. The van der Waals surface area contributed by atoms with Crippen LogP contribution in [0.1, 0.15) is 38.5 Å². The highest BCUT2D eigenvalue weighted by Crippen LogP contribution is 2.55. The number of aliphatic hydroxyl groups is 1. The Hall–Kier alpha value is -0.160. The predicted molar refractivity (Wildman–Crippen MR) is 70.3 cm³/mol. The number of nitrogens with zero attached hydrogens (tertiary/aromatic N) is 1. The summed E-state index contributed by atoms with van der Waals surface area (Å²) in [6.07, 6.45) is 6.53. The number of nitrogens with two attached hydrogens (primary N) is 1. The summed E-state index contributed by atoms with van der Waals surface area (Å²) < 4.78 is 6.01. The molecule has 3 rings (SSSR count). The number of hydrogen-bond donors (Lipinski definition) is 2. The largest absolute Gasteiger partial charge is 0.389 e. The van der Waals surface area contributed by atoms with E-state index in [0.29, 0.717) is 12.6 Å². The van der Waals surface area contributed by atoms with Crippen molar-refractivity contribution in [1.82, 2.24) is 4.90 Å². The monoisotopic (exact) mass is 254 g/mol. The van der Waals surface area contributed by atoms with Crippen molar-refractivity contribution >= 4 is 0 Å².